The van der Waals surface area contributed by atoms with E-state index in [1.165, 1.54) is 0 Å². The summed E-state index contributed by atoms with van der Waals surface area (Å²) < 4.78 is 0. The van der Waals surface area contributed by atoms with Crippen molar-refractivity contribution in [1.29, 1.82) is 0 Å². The van der Waals surface area contributed by atoms with Gasteiger partial charge in [0, 0.05) is 32.0 Å². The van der Waals surface area contributed by atoms with E-state index in [9.17, 15) is 9.59 Å². The zero-order valence-electron chi connectivity index (χ0n) is 15.8. The van der Waals surface area contributed by atoms with Crippen molar-refractivity contribution in [3.63, 3.8) is 0 Å². The fourth-order valence-corrected chi connectivity index (χ4v) is 3.40. The maximum Gasteiger partial charge on any atom is 0.237 e. The SMILES string of the molecule is CC(C)(NC(=O)C[C@@H]1C(=O)NCCN1Cc1cccnc1)c1ccccc1. The second kappa shape index (κ2) is 8.31. The molecule has 6 heteroatoms. The Morgan fingerprint density at radius 2 is 2.04 bits per heavy atom. The number of carbonyl (C=O) groups excluding carboxylic acids is 2. The van der Waals surface area contributed by atoms with Gasteiger partial charge in [-0.3, -0.25) is 19.5 Å². The summed E-state index contributed by atoms with van der Waals surface area (Å²) in [6.07, 6.45) is 3.65. The predicted molar refractivity (Wildman–Crippen MR) is 104 cm³/mol. The zero-order valence-corrected chi connectivity index (χ0v) is 15.8. The van der Waals surface area contributed by atoms with Crippen LogP contribution in [0.1, 0.15) is 31.4 Å². The number of benzene rings is 1. The van der Waals surface area contributed by atoms with Gasteiger partial charge in [-0.2, -0.15) is 0 Å². The van der Waals surface area contributed by atoms with Gasteiger partial charge in [-0.05, 0) is 31.0 Å². The van der Waals surface area contributed by atoms with Crippen LogP contribution in [0.15, 0.2) is 54.9 Å². The normalized spacial score (nSPS) is 18.0. The summed E-state index contributed by atoms with van der Waals surface area (Å²) in [6.45, 7) is 5.83. The van der Waals surface area contributed by atoms with Crippen LogP contribution in [0.5, 0.6) is 0 Å². The molecule has 2 aromatic rings. The Hall–Kier alpha value is -2.73. The van der Waals surface area contributed by atoms with Crippen molar-refractivity contribution < 1.29 is 9.59 Å². The largest absolute Gasteiger partial charge is 0.353 e. The van der Waals surface area contributed by atoms with E-state index in [0.717, 1.165) is 11.1 Å². The lowest BCUT2D eigenvalue weighted by Crippen LogP contribution is -2.56. The van der Waals surface area contributed by atoms with E-state index in [2.05, 4.69) is 15.6 Å². The van der Waals surface area contributed by atoms with Crippen LogP contribution in [0.4, 0.5) is 0 Å². The quantitative estimate of drug-likeness (QED) is 0.818. The van der Waals surface area contributed by atoms with Crippen LogP contribution >= 0.6 is 0 Å². The number of amides is 2. The number of hydrogen-bond donors (Lipinski definition) is 2. The summed E-state index contributed by atoms with van der Waals surface area (Å²) >= 11 is 0. The molecule has 2 amide bonds. The number of rotatable bonds is 6. The molecule has 1 saturated heterocycles. The van der Waals surface area contributed by atoms with Crippen LogP contribution in [0, 0.1) is 0 Å². The lowest BCUT2D eigenvalue weighted by atomic mass is 9.94. The fourth-order valence-electron chi connectivity index (χ4n) is 3.40. The zero-order chi connectivity index (χ0) is 19.3. The molecule has 0 radical (unpaired) electrons. The molecule has 1 aliphatic heterocycles. The third-order valence-corrected chi connectivity index (χ3v) is 4.88. The average Bonchev–Trinajstić information content (AvgIpc) is 2.66. The van der Waals surface area contributed by atoms with E-state index in [1.54, 1.807) is 12.4 Å². The monoisotopic (exact) mass is 366 g/mol. The van der Waals surface area contributed by atoms with Crippen LogP contribution < -0.4 is 10.6 Å². The molecule has 6 nitrogen and oxygen atoms in total. The molecule has 3 rings (SSSR count). The Morgan fingerprint density at radius 1 is 1.26 bits per heavy atom. The minimum absolute atomic E-state index is 0.0993. The van der Waals surface area contributed by atoms with Crippen molar-refractivity contribution in [2.24, 2.45) is 0 Å². The van der Waals surface area contributed by atoms with Crippen molar-refractivity contribution in [3.05, 3.63) is 66.0 Å². The maximum atomic E-state index is 12.7. The maximum absolute atomic E-state index is 12.7. The number of pyridine rings is 1. The topological polar surface area (TPSA) is 74.3 Å². The second-order valence-corrected chi connectivity index (χ2v) is 7.38. The van der Waals surface area contributed by atoms with Gasteiger partial charge in [0.05, 0.1) is 18.0 Å². The van der Waals surface area contributed by atoms with E-state index >= 15 is 0 Å². The minimum Gasteiger partial charge on any atom is -0.353 e. The average molecular weight is 366 g/mol. The highest BCUT2D eigenvalue weighted by molar-refractivity contribution is 5.89. The molecular weight excluding hydrogens is 340 g/mol. The van der Waals surface area contributed by atoms with Gasteiger partial charge in [-0.15, -0.1) is 0 Å². The third-order valence-electron chi connectivity index (χ3n) is 4.88. The molecule has 0 bridgehead atoms. The fraction of sp³-hybridized carbons (Fsp3) is 0.381. The molecular formula is C21H26N4O2. The van der Waals surface area contributed by atoms with Crippen molar-refractivity contribution in [2.45, 2.75) is 38.4 Å². The Kier molecular flexibility index (Phi) is 5.86. The minimum atomic E-state index is -0.502. The van der Waals surface area contributed by atoms with E-state index in [0.29, 0.717) is 19.6 Å². The summed E-state index contributed by atoms with van der Waals surface area (Å²) in [6, 6.07) is 13.2. The molecule has 27 heavy (non-hydrogen) atoms. The van der Waals surface area contributed by atoms with Gasteiger partial charge in [-0.25, -0.2) is 0 Å². The van der Waals surface area contributed by atoms with E-state index in [1.807, 2.05) is 61.2 Å². The van der Waals surface area contributed by atoms with Crippen LogP contribution in [-0.2, 0) is 21.7 Å². The molecule has 0 unspecified atom stereocenters. The van der Waals surface area contributed by atoms with Crippen molar-refractivity contribution in [2.75, 3.05) is 13.1 Å². The first-order chi connectivity index (χ1) is 13.0. The molecule has 142 valence electrons. The van der Waals surface area contributed by atoms with Gasteiger partial charge in [-0.1, -0.05) is 36.4 Å². The lowest BCUT2D eigenvalue weighted by molar-refractivity contribution is -0.134. The first-order valence-corrected chi connectivity index (χ1v) is 9.23. The number of hydrogen-bond acceptors (Lipinski definition) is 4. The Bertz CT molecular complexity index is 777. The van der Waals surface area contributed by atoms with Gasteiger partial charge in [0.15, 0.2) is 0 Å². The van der Waals surface area contributed by atoms with Gasteiger partial charge >= 0.3 is 0 Å². The molecule has 0 aliphatic carbocycles. The van der Waals surface area contributed by atoms with Crippen LogP contribution in [0.3, 0.4) is 0 Å². The summed E-state index contributed by atoms with van der Waals surface area (Å²) in [7, 11) is 0. The Labute approximate surface area is 160 Å². The van der Waals surface area contributed by atoms with Gasteiger partial charge in [0.2, 0.25) is 11.8 Å². The first kappa shape index (κ1) is 19.0. The first-order valence-electron chi connectivity index (χ1n) is 9.23. The van der Waals surface area contributed by atoms with Crippen LogP contribution in [-0.4, -0.2) is 40.8 Å². The smallest absolute Gasteiger partial charge is 0.237 e. The number of nitrogens with one attached hydrogen (secondary N) is 2. The summed E-state index contributed by atoms with van der Waals surface area (Å²) in [5, 5.41) is 5.94. The van der Waals surface area contributed by atoms with Crippen LogP contribution in [0.2, 0.25) is 0 Å². The van der Waals surface area contributed by atoms with Crippen molar-refractivity contribution >= 4 is 11.8 Å². The number of aromatic nitrogens is 1. The van der Waals surface area contributed by atoms with Gasteiger partial charge in [0.25, 0.3) is 0 Å². The summed E-state index contributed by atoms with van der Waals surface area (Å²) in [5.74, 6) is -0.236. The molecule has 0 saturated carbocycles. The standard InChI is InChI=1S/C21H26N4O2/c1-21(2,17-8-4-3-5-9-17)24-19(26)13-18-20(27)23-11-12-25(18)15-16-7-6-10-22-14-16/h3-10,14,18H,11-13,15H2,1-2H3,(H,23,27)(H,24,26)/t18-/m1/s1. The molecule has 1 atom stereocenters. The molecule has 1 fully saturated rings. The molecule has 1 aromatic carbocycles. The van der Waals surface area contributed by atoms with E-state index < -0.39 is 11.6 Å². The molecule has 2 heterocycles. The molecule has 2 N–H and O–H groups in total. The predicted octanol–water partition coefficient (Wildman–Crippen LogP) is 1.82. The highest BCUT2D eigenvalue weighted by Gasteiger charge is 2.33. The lowest BCUT2D eigenvalue weighted by Gasteiger charge is -2.35. The van der Waals surface area contributed by atoms with Gasteiger partial charge < -0.3 is 10.6 Å². The summed E-state index contributed by atoms with van der Waals surface area (Å²) in [4.78, 5) is 31.3. The van der Waals surface area contributed by atoms with Crippen molar-refractivity contribution in [3.8, 4) is 0 Å². The third kappa shape index (κ3) is 4.92. The number of carbonyl (C=O) groups is 2. The Morgan fingerprint density at radius 3 is 2.74 bits per heavy atom. The number of nitrogens with zero attached hydrogens (tertiary/aromatic N) is 2. The number of piperazine rings is 1. The molecule has 1 aliphatic rings. The van der Waals surface area contributed by atoms with E-state index in [-0.39, 0.29) is 18.2 Å². The summed E-state index contributed by atoms with van der Waals surface area (Å²) in [5.41, 5.74) is 1.55. The molecule has 1 aromatic heterocycles. The van der Waals surface area contributed by atoms with Crippen molar-refractivity contribution in [1.82, 2.24) is 20.5 Å². The highest BCUT2D eigenvalue weighted by Crippen LogP contribution is 2.20. The highest BCUT2D eigenvalue weighted by atomic mass is 16.2. The second-order valence-electron chi connectivity index (χ2n) is 7.38. The Balaban J connectivity index is 1.67. The van der Waals surface area contributed by atoms with Gasteiger partial charge in [0.1, 0.15) is 0 Å². The van der Waals surface area contributed by atoms with Crippen LogP contribution in [0.25, 0.3) is 0 Å². The molecule has 0 spiro atoms. The van der Waals surface area contributed by atoms with E-state index in [4.69, 9.17) is 0 Å².